The number of rotatable bonds is 8. The number of ether oxygens (including phenoxy) is 1. The molecule has 1 amide bonds. The van der Waals surface area contributed by atoms with Gasteiger partial charge in [0.25, 0.3) is 0 Å². The molecule has 0 spiro atoms. The lowest BCUT2D eigenvalue weighted by Crippen LogP contribution is -2.43. The zero-order valence-electron chi connectivity index (χ0n) is 17.3. The van der Waals surface area contributed by atoms with Crippen LogP contribution in [0.4, 0.5) is 0 Å². The van der Waals surface area contributed by atoms with E-state index in [1.165, 1.54) is 5.56 Å². The molecular formula is C20H32IN5O2. The van der Waals surface area contributed by atoms with Gasteiger partial charge in [0.2, 0.25) is 5.91 Å². The summed E-state index contributed by atoms with van der Waals surface area (Å²) < 4.78 is 5.49. The van der Waals surface area contributed by atoms with Gasteiger partial charge in [0.15, 0.2) is 5.96 Å². The Bertz CT molecular complexity index is 788. The van der Waals surface area contributed by atoms with Crippen LogP contribution in [0.5, 0.6) is 5.75 Å². The third-order valence-electron chi connectivity index (χ3n) is 4.52. The first-order valence-electron chi connectivity index (χ1n) is 9.34. The van der Waals surface area contributed by atoms with E-state index in [-0.39, 0.29) is 42.5 Å². The van der Waals surface area contributed by atoms with E-state index < -0.39 is 0 Å². The van der Waals surface area contributed by atoms with Crippen LogP contribution in [0, 0.1) is 0 Å². The number of likely N-dealkylation sites (N-methyl/N-ethyl adjacent to an activating group) is 1. The van der Waals surface area contributed by atoms with Crippen molar-refractivity contribution in [2.24, 2.45) is 4.99 Å². The fourth-order valence-electron chi connectivity index (χ4n) is 2.68. The molecule has 1 aromatic carbocycles. The number of hydrogen-bond donors (Lipinski definition) is 3. The van der Waals surface area contributed by atoms with Gasteiger partial charge >= 0.3 is 0 Å². The summed E-state index contributed by atoms with van der Waals surface area (Å²) in [5.41, 5.74) is 2.25. The highest BCUT2D eigenvalue weighted by molar-refractivity contribution is 14.0. The van der Waals surface area contributed by atoms with E-state index in [2.05, 4.69) is 34.5 Å². The normalized spacial score (nSPS) is 12.2. The van der Waals surface area contributed by atoms with E-state index in [9.17, 15) is 4.79 Å². The van der Waals surface area contributed by atoms with Gasteiger partial charge in [-0.3, -0.25) is 4.79 Å². The Balaban J connectivity index is 0.00000392. The van der Waals surface area contributed by atoms with Crippen molar-refractivity contribution in [3.05, 3.63) is 30.0 Å². The van der Waals surface area contributed by atoms with E-state index in [0.29, 0.717) is 12.5 Å². The van der Waals surface area contributed by atoms with Gasteiger partial charge in [0, 0.05) is 43.8 Å². The summed E-state index contributed by atoms with van der Waals surface area (Å²) >= 11 is 0. The highest BCUT2D eigenvalue weighted by atomic mass is 127. The highest BCUT2D eigenvalue weighted by Gasteiger charge is 2.10. The second-order valence-corrected chi connectivity index (χ2v) is 6.78. The summed E-state index contributed by atoms with van der Waals surface area (Å²) in [7, 11) is 5.15. The molecule has 1 heterocycles. The van der Waals surface area contributed by atoms with E-state index >= 15 is 0 Å². The van der Waals surface area contributed by atoms with Crippen molar-refractivity contribution >= 4 is 46.7 Å². The van der Waals surface area contributed by atoms with Crippen LogP contribution in [0.3, 0.4) is 0 Å². The van der Waals surface area contributed by atoms with Crippen LogP contribution in [0.1, 0.15) is 25.8 Å². The van der Waals surface area contributed by atoms with Crippen molar-refractivity contribution in [2.75, 3.05) is 34.3 Å². The molecule has 2 aromatic rings. The van der Waals surface area contributed by atoms with Gasteiger partial charge in [0.1, 0.15) is 12.3 Å². The summed E-state index contributed by atoms with van der Waals surface area (Å²) in [6.45, 7) is 5.02. The molecule has 7 nitrogen and oxygen atoms in total. The predicted octanol–water partition coefficient (Wildman–Crippen LogP) is 2.76. The van der Waals surface area contributed by atoms with Crippen LogP contribution in [-0.4, -0.2) is 62.1 Å². The largest absolute Gasteiger partial charge is 0.496 e. The molecule has 0 saturated heterocycles. The Kier molecular flexibility index (Phi) is 10.1. The number of H-pyrrole nitrogens is 1. The van der Waals surface area contributed by atoms with Crippen molar-refractivity contribution in [3.63, 3.8) is 0 Å². The maximum absolute atomic E-state index is 11.8. The number of amides is 1. The quantitative estimate of drug-likeness (QED) is 0.295. The SMILES string of the molecule is CCC(C)NC(=NCC(=O)N(C)C)NCCc1c[nH]c2cccc(OC)c12.I. The number of nitrogens with one attached hydrogen (secondary N) is 3. The number of carbonyl (C=O) groups is 1. The monoisotopic (exact) mass is 501 g/mol. The minimum absolute atomic E-state index is 0. The molecule has 2 rings (SSSR count). The summed E-state index contributed by atoms with van der Waals surface area (Å²) in [5.74, 6) is 1.50. The molecular weight excluding hydrogens is 469 g/mol. The van der Waals surface area contributed by atoms with Crippen molar-refractivity contribution in [1.82, 2.24) is 20.5 Å². The Labute approximate surface area is 184 Å². The van der Waals surface area contributed by atoms with Gasteiger partial charge in [0.05, 0.1) is 7.11 Å². The molecule has 0 aliphatic heterocycles. The summed E-state index contributed by atoms with van der Waals surface area (Å²) in [6, 6.07) is 6.26. The van der Waals surface area contributed by atoms with Gasteiger partial charge in [-0.15, -0.1) is 24.0 Å². The van der Waals surface area contributed by atoms with Crippen LogP contribution < -0.4 is 15.4 Å². The maximum atomic E-state index is 11.8. The molecule has 0 aliphatic rings. The van der Waals surface area contributed by atoms with Crippen LogP contribution in [0.15, 0.2) is 29.4 Å². The third-order valence-corrected chi connectivity index (χ3v) is 4.52. The van der Waals surface area contributed by atoms with E-state index in [4.69, 9.17) is 4.74 Å². The first-order chi connectivity index (χ1) is 13.0. The van der Waals surface area contributed by atoms with Crippen LogP contribution >= 0.6 is 24.0 Å². The number of carbonyl (C=O) groups excluding carboxylic acids is 1. The molecule has 1 atom stereocenters. The average molecular weight is 501 g/mol. The van der Waals surface area contributed by atoms with E-state index in [1.54, 1.807) is 26.1 Å². The molecule has 0 saturated carbocycles. The number of nitrogens with zero attached hydrogens (tertiary/aromatic N) is 2. The predicted molar refractivity (Wildman–Crippen MR) is 126 cm³/mol. The Morgan fingerprint density at radius 3 is 2.75 bits per heavy atom. The number of aliphatic imine (C=N–C) groups is 1. The minimum Gasteiger partial charge on any atom is -0.496 e. The summed E-state index contributed by atoms with van der Waals surface area (Å²) in [5, 5.41) is 7.78. The van der Waals surface area contributed by atoms with Gasteiger partial charge in [-0.1, -0.05) is 13.0 Å². The minimum atomic E-state index is -0.0263. The molecule has 8 heteroatoms. The van der Waals surface area contributed by atoms with Gasteiger partial charge in [-0.25, -0.2) is 4.99 Å². The Hall–Kier alpha value is -1.97. The van der Waals surface area contributed by atoms with Crippen LogP contribution in [0.2, 0.25) is 0 Å². The zero-order chi connectivity index (χ0) is 19.8. The molecule has 3 N–H and O–H groups in total. The molecule has 28 heavy (non-hydrogen) atoms. The number of methoxy groups -OCH3 is 1. The van der Waals surface area contributed by atoms with Crippen LogP contribution in [-0.2, 0) is 11.2 Å². The number of benzene rings is 1. The summed E-state index contributed by atoms with van der Waals surface area (Å²) in [6.07, 6.45) is 3.80. The standard InChI is InChI=1S/C20H31N5O2.HI/c1-6-14(2)24-20(23-13-18(26)25(3)4)21-11-10-15-12-22-16-8-7-9-17(27-5)19(15)16;/h7-9,12,14,22H,6,10-11,13H2,1-5H3,(H2,21,23,24);1H. The summed E-state index contributed by atoms with van der Waals surface area (Å²) in [4.78, 5) is 21.1. The number of aromatic amines is 1. The van der Waals surface area contributed by atoms with Gasteiger partial charge in [-0.2, -0.15) is 0 Å². The fraction of sp³-hybridized carbons (Fsp3) is 0.500. The second-order valence-electron chi connectivity index (χ2n) is 6.78. The molecule has 0 fully saturated rings. The zero-order valence-corrected chi connectivity index (χ0v) is 19.7. The van der Waals surface area contributed by atoms with Crippen molar-refractivity contribution < 1.29 is 9.53 Å². The molecule has 156 valence electrons. The first kappa shape index (κ1) is 24.1. The lowest BCUT2D eigenvalue weighted by atomic mass is 10.1. The van der Waals surface area contributed by atoms with Gasteiger partial charge < -0.3 is 25.3 Å². The van der Waals surface area contributed by atoms with Gasteiger partial charge in [-0.05, 0) is 37.5 Å². The third kappa shape index (κ3) is 6.57. The molecule has 1 aromatic heterocycles. The number of guanidine groups is 1. The fourth-order valence-corrected chi connectivity index (χ4v) is 2.68. The number of halogens is 1. The topological polar surface area (TPSA) is 81.8 Å². The maximum Gasteiger partial charge on any atom is 0.243 e. The number of aromatic nitrogens is 1. The Morgan fingerprint density at radius 2 is 2.11 bits per heavy atom. The van der Waals surface area contributed by atoms with Crippen molar-refractivity contribution in [3.8, 4) is 5.75 Å². The molecule has 0 bridgehead atoms. The lowest BCUT2D eigenvalue weighted by molar-refractivity contribution is -0.127. The van der Waals surface area contributed by atoms with Crippen molar-refractivity contribution in [1.29, 1.82) is 0 Å². The number of fused-ring (bicyclic) bond motifs is 1. The highest BCUT2D eigenvalue weighted by Crippen LogP contribution is 2.28. The van der Waals surface area contributed by atoms with Crippen LogP contribution in [0.25, 0.3) is 10.9 Å². The van der Waals surface area contributed by atoms with Crippen molar-refractivity contribution in [2.45, 2.75) is 32.7 Å². The second kappa shape index (κ2) is 11.8. The first-order valence-corrected chi connectivity index (χ1v) is 9.34. The molecule has 0 aliphatic carbocycles. The van der Waals surface area contributed by atoms with E-state index in [0.717, 1.165) is 29.5 Å². The molecule has 1 unspecified atom stereocenters. The number of hydrogen-bond acceptors (Lipinski definition) is 3. The Morgan fingerprint density at radius 1 is 1.36 bits per heavy atom. The smallest absolute Gasteiger partial charge is 0.243 e. The average Bonchev–Trinajstić information content (AvgIpc) is 3.08. The van der Waals surface area contributed by atoms with E-state index in [1.807, 2.05) is 24.4 Å². The lowest BCUT2D eigenvalue weighted by Gasteiger charge is -2.17. The molecule has 0 radical (unpaired) electrons.